The summed E-state index contributed by atoms with van der Waals surface area (Å²) in [5.41, 5.74) is 2.82. The van der Waals surface area contributed by atoms with Gasteiger partial charge in [-0.15, -0.1) is 0 Å². The van der Waals surface area contributed by atoms with Gasteiger partial charge in [-0.05, 0) is 50.2 Å². The predicted octanol–water partition coefficient (Wildman–Crippen LogP) is 4.67. The quantitative estimate of drug-likeness (QED) is 0.595. The van der Waals surface area contributed by atoms with Gasteiger partial charge in [-0.2, -0.15) is 0 Å². The third-order valence-electron chi connectivity index (χ3n) is 4.31. The fourth-order valence-corrected chi connectivity index (χ4v) is 2.95. The summed E-state index contributed by atoms with van der Waals surface area (Å²) in [4.78, 5) is 31.1. The van der Waals surface area contributed by atoms with Crippen molar-refractivity contribution in [2.45, 2.75) is 13.8 Å². The Morgan fingerprint density at radius 3 is 2.45 bits per heavy atom. The highest BCUT2D eigenvalue weighted by molar-refractivity contribution is 6.05. The molecule has 0 saturated carbocycles. The maximum Gasteiger partial charge on any atom is 0.340 e. The molecular formula is C23H23N3O3. The average molecular weight is 389 g/mol. The van der Waals surface area contributed by atoms with Crippen LogP contribution in [0, 0.1) is 0 Å². The Kier molecular flexibility index (Phi) is 6.58. The van der Waals surface area contributed by atoms with E-state index in [-0.39, 0.29) is 5.91 Å². The van der Waals surface area contributed by atoms with Crippen LogP contribution in [-0.2, 0) is 4.74 Å². The van der Waals surface area contributed by atoms with Crippen molar-refractivity contribution >= 4 is 28.9 Å². The van der Waals surface area contributed by atoms with Crippen LogP contribution in [0.5, 0.6) is 0 Å². The van der Waals surface area contributed by atoms with Crippen molar-refractivity contribution in [3.05, 3.63) is 84.2 Å². The molecule has 1 heterocycles. The number of carbonyl (C=O) groups excluding carboxylic acids is 2. The number of aromatic nitrogens is 1. The van der Waals surface area contributed by atoms with Gasteiger partial charge in [0, 0.05) is 24.1 Å². The van der Waals surface area contributed by atoms with Crippen molar-refractivity contribution in [3.63, 3.8) is 0 Å². The van der Waals surface area contributed by atoms with E-state index in [9.17, 15) is 9.59 Å². The monoisotopic (exact) mass is 389 g/mol. The number of hydrogen-bond donors (Lipinski definition) is 1. The van der Waals surface area contributed by atoms with Crippen LogP contribution in [0.1, 0.15) is 34.7 Å². The summed E-state index contributed by atoms with van der Waals surface area (Å²) in [5.74, 6) is -0.594. The molecule has 148 valence electrons. The van der Waals surface area contributed by atoms with Crippen LogP contribution in [-0.4, -0.2) is 30.0 Å². The Morgan fingerprint density at radius 2 is 1.72 bits per heavy atom. The van der Waals surface area contributed by atoms with Crippen LogP contribution < -0.4 is 10.2 Å². The molecule has 0 atom stereocenters. The van der Waals surface area contributed by atoms with Gasteiger partial charge in [0.1, 0.15) is 5.69 Å². The Hall–Kier alpha value is -3.67. The third-order valence-corrected chi connectivity index (χ3v) is 4.31. The van der Waals surface area contributed by atoms with Crippen LogP contribution in [0.4, 0.5) is 17.1 Å². The number of para-hydroxylation sites is 2. The molecule has 0 aliphatic rings. The topological polar surface area (TPSA) is 71.5 Å². The van der Waals surface area contributed by atoms with Gasteiger partial charge in [-0.25, -0.2) is 4.79 Å². The molecule has 0 aliphatic carbocycles. The van der Waals surface area contributed by atoms with Crippen LogP contribution in [0.15, 0.2) is 72.9 Å². The van der Waals surface area contributed by atoms with Crippen LogP contribution in [0.3, 0.4) is 0 Å². The molecule has 3 rings (SSSR count). The number of rotatable bonds is 7. The molecule has 0 aliphatic heterocycles. The predicted molar refractivity (Wildman–Crippen MR) is 114 cm³/mol. The Balaban J connectivity index is 1.85. The normalized spacial score (nSPS) is 10.3. The molecule has 0 radical (unpaired) electrons. The minimum atomic E-state index is -0.401. The summed E-state index contributed by atoms with van der Waals surface area (Å²) in [6, 6.07) is 20.0. The number of amides is 1. The number of anilines is 3. The van der Waals surface area contributed by atoms with Crippen molar-refractivity contribution in [2.75, 3.05) is 23.4 Å². The first-order valence-corrected chi connectivity index (χ1v) is 9.50. The van der Waals surface area contributed by atoms with E-state index in [1.807, 2.05) is 43.3 Å². The maximum absolute atomic E-state index is 13.0. The summed E-state index contributed by atoms with van der Waals surface area (Å²) in [6.45, 7) is 4.50. The molecule has 0 unspecified atom stereocenters. The van der Waals surface area contributed by atoms with Gasteiger partial charge in [-0.3, -0.25) is 9.78 Å². The lowest BCUT2D eigenvalue weighted by Gasteiger charge is -2.21. The summed E-state index contributed by atoms with van der Waals surface area (Å²) in [7, 11) is 0. The van der Waals surface area contributed by atoms with Gasteiger partial charge in [0.15, 0.2) is 0 Å². The highest BCUT2D eigenvalue weighted by atomic mass is 16.5. The minimum Gasteiger partial charge on any atom is -0.462 e. The molecule has 6 nitrogen and oxygen atoms in total. The summed E-state index contributed by atoms with van der Waals surface area (Å²) in [5, 5.41) is 3.19. The van der Waals surface area contributed by atoms with E-state index in [1.54, 1.807) is 48.4 Å². The molecule has 0 saturated heterocycles. The summed E-state index contributed by atoms with van der Waals surface area (Å²) < 4.78 is 5.11. The van der Waals surface area contributed by atoms with Crippen molar-refractivity contribution in [1.29, 1.82) is 0 Å². The number of ether oxygens (including phenoxy) is 1. The van der Waals surface area contributed by atoms with E-state index in [1.165, 1.54) is 0 Å². The molecule has 0 spiro atoms. The fourth-order valence-electron chi connectivity index (χ4n) is 2.95. The number of benzene rings is 2. The minimum absolute atomic E-state index is 0.193. The maximum atomic E-state index is 13.0. The van der Waals surface area contributed by atoms with Gasteiger partial charge in [0.25, 0.3) is 5.91 Å². The first-order valence-electron chi connectivity index (χ1n) is 9.50. The highest BCUT2D eigenvalue weighted by Crippen LogP contribution is 2.23. The van der Waals surface area contributed by atoms with Crippen molar-refractivity contribution in [1.82, 2.24) is 4.98 Å². The first-order chi connectivity index (χ1) is 14.1. The molecule has 29 heavy (non-hydrogen) atoms. The fraction of sp³-hybridized carbons (Fsp3) is 0.174. The van der Waals surface area contributed by atoms with Crippen molar-refractivity contribution < 1.29 is 14.3 Å². The van der Waals surface area contributed by atoms with E-state index in [0.717, 1.165) is 5.69 Å². The van der Waals surface area contributed by atoms with Gasteiger partial charge in [0.05, 0.1) is 17.9 Å². The molecule has 0 bridgehead atoms. The van der Waals surface area contributed by atoms with Crippen molar-refractivity contribution in [2.24, 2.45) is 0 Å². The number of pyridine rings is 1. The lowest BCUT2D eigenvalue weighted by Crippen LogP contribution is -2.31. The Labute approximate surface area is 170 Å². The van der Waals surface area contributed by atoms with Gasteiger partial charge < -0.3 is 15.0 Å². The molecule has 1 aromatic heterocycles. The van der Waals surface area contributed by atoms with Gasteiger partial charge in [-0.1, -0.05) is 30.3 Å². The Bertz CT molecular complexity index is 989. The standard InChI is InChI=1S/C23H23N3O3/c1-3-26(18-10-6-5-7-11-18)22(27)21-16-17(14-15-24-21)25-20-13-9-8-12-19(20)23(28)29-4-2/h5-16H,3-4H2,1-2H3,(H,24,25). The zero-order chi connectivity index (χ0) is 20.6. The zero-order valence-corrected chi connectivity index (χ0v) is 16.5. The second-order valence-corrected chi connectivity index (χ2v) is 6.21. The van der Waals surface area contributed by atoms with Gasteiger partial charge in [0.2, 0.25) is 0 Å². The second kappa shape index (κ2) is 9.50. The largest absolute Gasteiger partial charge is 0.462 e. The molecule has 1 N–H and O–H groups in total. The lowest BCUT2D eigenvalue weighted by atomic mass is 10.1. The average Bonchev–Trinajstić information content (AvgIpc) is 2.76. The van der Waals surface area contributed by atoms with E-state index in [4.69, 9.17) is 4.74 Å². The SMILES string of the molecule is CCOC(=O)c1ccccc1Nc1ccnc(C(=O)N(CC)c2ccccc2)c1. The number of hydrogen-bond acceptors (Lipinski definition) is 5. The summed E-state index contributed by atoms with van der Waals surface area (Å²) >= 11 is 0. The zero-order valence-electron chi connectivity index (χ0n) is 16.5. The van der Waals surface area contributed by atoms with E-state index in [2.05, 4.69) is 10.3 Å². The first kappa shape index (κ1) is 20.1. The summed E-state index contributed by atoms with van der Waals surface area (Å²) in [6.07, 6.45) is 1.57. The van der Waals surface area contributed by atoms with E-state index < -0.39 is 5.97 Å². The van der Waals surface area contributed by atoms with Crippen LogP contribution in [0.2, 0.25) is 0 Å². The Morgan fingerprint density at radius 1 is 1.00 bits per heavy atom. The van der Waals surface area contributed by atoms with E-state index in [0.29, 0.717) is 35.8 Å². The molecule has 1 amide bonds. The number of nitrogens with zero attached hydrogens (tertiary/aromatic N) is 2. The molecular weight excluding hydrogens is 366 g/mol. The second-order valence-electron chi connectivity index (χ2n) is 6.21. The molecule has 0 fully saturated rings. The van der Waals surface area contributed by atoms with Gasteiger partial charge >= 0.3 is 5.97 Å². The smallest absolute Gasteiger partial charge is 0.340 e. The number of nitrogens with one attached hydrogen (secondary N) is 1. The van der Waals surface area contributed by atoms with Crippen molar-refractivity contribution in [3.8, 4) is 0 Å². The number of carbonyl (C=O) groups is 2. The lowest BCUT2D eigenvalue weighted by molar-refractivity contribution is 0.0527. The molecule has 2 aromatic carbocycles. The highest BCUT2D eigenvalue weighted by Gasteiger charge is 2.18. The van der Waals surface area contributed by atoms with Crippen LogP contribution >= 0.6 is 0 Å². The van der Waals surface area contributed by atoms with Crippen LogP contribution in [0.25, 0.3) is 0 Å². The molecule has 6 heteroatoms. The third kappa shape index (κ3) is 4.79. The van der Waals surface area contributed by atoms with E-state index >= 15 is 0 Å². The molecule has 3 aromatic rings. The number of esters is 1.